The van der Waals surface area contributed by atoms with Gasteiger partial charge in [-0.1, -0.05) is 5.11 Å². The molecule has 0 saturated carbocycles. The Labute approximate surface area is 93.1 Å². The van der Waals surface area contributed by atoms with Crippen LogP contribution in [-0.4, -0.2) is 19.7 Å². The van der Waals surface area contributed by atoms with Gasteiger partial charge < -0.3 is 10.1 Å². The van der Waals surface area contributed by atoms with Gasteiger partial charge in [0.1, 0.15) is 11.8 Å². The topological polar surface area (TPSA) is 93.8 Å². The molecule has 1 rings (SSSR count). The lowest BCUT2D eigenvalue weighted by Gasteiger charge is -2.10. The predicted molar refractivity (Wildman–Crippen MR) is 60.0 cm³/mol. The Morgan fingerprint density at radius 2 is 2.25 bits per heavy atom. The van der Waals surface area contributed by atoms with Gasteiger partial charge in [0, 0.05) is 10.6 Å². The number of nitriles is 1. The Morgan fingerprint density at radius 1 is 1.56 bits per heavy atom. The van der Waals surface area contributed by atoms with E-state index in [-0.39, 0.29) is 6.54 Å². The molecule has 0 aliphatic rings. The molecule has 1 N–H and O–H groups in total. The summed E-state index contributed by atoms with van der Waals surface area (Å²) in [5.74, 6) is 0.745. The van der Waals surface area contributed by atoms with Crippen LogP contribution in [0.2, 0.25) is 0 Å². The average molecular weight is 217 g/mol. The highest BCUT2D eigenvalue weighted by Gasteiger charge is 2.05. The van der Waals surface area contributed by atoms with Crippen LogP contribution in [0.4, 0.5) is 5.69 Å². The standard InChI is InChI=1S/C10H11N5O/c1-16-10-4-2-8(3-5-10)14-9(6-11)7-13-15-12/h2-5,9,14H,7H2,1H3. The van der Waals surface area contributed by atoms with Crippen molar-refractivity contribution >= 4 is 5.69 Å². The van der Waals surface area contributed by atoms with Gasteiger partial charge in [0.2, 0.25) is 0 Å². The van der Waals surface area contributed by atoms with Crippen molar-refractivity contribution in [3.63, 3.8) is 0 Å². The van der Waals surface area contributed by atoms with E-state index >= 15 is 0 Å². The third kappa shape index (κ3) is 3.40. The molecule has 16 heavy (non-hydrogen) atoms. The Hall–Kier alpha value is -2.38. The summed E-state index contributed by atoms with van der Waals surface area (Å²) in [6.07, 6.45) is 0. The predicted octanol–water partition coefficient (Wildman–Crippen LogP) is 2.31. The summed E-state index contributed by atoms with van der Waals surface area (Å²) in [6, 6.07) is 8.63. The fraction of sp³-hybridized carbons (Fsp3) is 0.300. The number of anilines is 1. The van der Waals surface area contributed by atoms with Crippen LogP contribution in [0.25, 0.3) is 10.4 Å². The Bertz CT molecular complexity index is 416. The van der Waals surface area contributed by atoms with Gasteiger partial charge in [0.05, 0.1) is 19.7 Å². The number of ether oxygens (including phenoxy) is 1. The molecule has 0 aromatic heterocycles. The Balaban J connectivity index is 2.63. The number of nitrogens with one attached hydrogen (secondary N) is 1. The summed E-state index contributed by atoms with van der Waals surface area (Å²) in [7, 11) is 1.59. The second-order valence-corrected chi connectivity index (χ2v) is 2.97. The number of nitrogens with zero attached hydrogens (tertiary/aromatic N) is 4. The number of hydrogen-bond acceptors (Lipinski definition) is 4. The molecule has 1 atom stereocenters. The van der Waals surface area contributed by atoms with Gasteiger partial charge in [-0.05, 0) is 29.8 Å². The smallest absolute Gasteiger partial charge is 0.120 e. The van der Waals surface area contributed by atoms with E-state index in [1.807, 2.05) is 6.07 Å². The Kier molecular flexibility index (Phi) is 4.51. The summed E-state index contributed by atoms with van der Waals surface area (Å²) in [6.45, 7) is 0.0963. The van der Waals surface area contributed by atoms with Gasteiger partial charge in [-0.25, -0.2) is 0 Å². The monoisotopic (exact) mass is 217 g/mol. The number of azide groups is 1. The molecule has 0 fully saturated rings. The van der Waals surface area contributed by atoms with Crippen LogP contribution < -0.4 is 10.1 Å². The van der Waals surface area contributed by atoms with Crippen LogP contribution in [0.15, 0.2) is 29.4 Å². The van der Waals surface area contributed by atoms with Crippen LogP contribution in [0.1, 0.15) is 0 Å². The van der Waals surface area contributed by atoms with Crippen molar-refractivity contribution in [2.45, 2.75) is 6.04 Å². The average Bonchev–Trinajstić information content (AvgIpc) is 2.35. The number of benzene rings is 1. The lowest BCUT2D eigenvalue weighted by molar-refractivity contribution is 0.415. The first-order valence-corrected chi connectivity index (χ1v) is 4.61. The van der Waals surface area contributed by atoms with Crippen molar-refractivity contribution in [3.05, 3.63) is 34.7 Å². The maximum Gasteiger partial charge on any atom is 0.120 e. The third-order valence-corrected chi connectivity index (χ3v) is 1.91. The van der Waals surface area contributed by atoms with Crippen LogP contribution in [0, 0.1) is 11.3 Å². The van der Waals surface area contributed by atoms with Gasteiger partial charge in [0.25, 0.3) is 0 Å². The second kappa shape index (κ2) is 6.17. The SMILES string of the molecule is COc1ccc(NC(C#N)CN=[N+]=[N-])cc1. The first-order chi connectivity index (χ1) is 7.80. The molecule has 0 amide bonds. The molecule has 1 aromatic rings. The van der Waals surface area contributed by atoms with E-state index in [1.165, 1.54) is 0 Å². The molecule has 0 heterocycles. The van der Waals surface area contributed by atoms with Crippen molar-refractivity contribution in [2.24, 2.45) is 5.11 Å². The van der Waals surface area contributed by atoms with Gasteiger partial charge >= 0.3 is 0 Å². The fourth-order valence-electron chi connectivity index (χ4n) is 1.13. The summed E-state index contributed by atoms with van der Waals surface area (Å²) in [5, 5.41) is 15.1. The highest BCUT2D eigenvalue weighted by Crippen LogP contribution is 2.15. The fourth-order valence-corrected chi connectivity index (χ4v) is 1.13. The van der Waals surface area contributed by atoms with Crippen LogP contribution >= 0.6 is 0 Å². The normalized spacial score (nSPS) is 10.8. The number of rotatable bonds is 5. The van der Waals surface area contributed by atoms with E-state index in [0.717, 1.165) is 11.4 Å². The molecule has 0 aliphatic carbocycles. The van der Waals surface area contributed by atoms with E-state index in [0.29, 0.717) is 0 Å². The van der Waals surface area contributed by atoms with Gasteiger partial charge in [0.15, 0.2) is 0 Å². The molecule has 6 heteroatoms. The van der Waals surface area contributed by atoms with Crippen molar-refractivity contribution in [1.29, 1.82) is 5.26 Å². The summed E-state index contributed by atoms with van der Waals surface area (Å²) >= 11 is 0. The molecule has 0 radical (unpaired) electrons. The largest absolute Gasteiger partial charge is 0.497 e. The van der Waals surface area contributed by atoms with Crippen molar-refractivity contribution in [2.75, 3.05) is 19.0 Å². The first kappa shape index (κ1) is 11.7. The summed E-state index contributed by atoms with van der Waals surface area (Å²) in [5.41, 5.74) is 8.93. The third-order valence-electron chi connectivity index (χ3n) is 1.91. The molecule has 0 saturated heterocycles. The quantitative estimate of drug-likeness (QED) is 0.465. The molecule has 0 aliphatic heterocycles. The van der Waals surface area contributed by atoms with Gasteiger partial charge in [-0.3, -0.25) is 0 Å². The van der Waals surface area contributed by atoms with E-state index in [4.69, 9.17) is 15.5 Å². The van der Waals surface area contributed by atoms with Crippen LogP contribution in [0.5, 0.6) is 5.75 Å². The van der Waals surface area contributed by atoms with E-state index in [1.54, 1.807) is 31.4 Å². The van der Waals surface area contributed by atoms with Crippen LogP contribution in [-0.2, 0) is 0 Å². The molecule has 1 unspecified atom stereocenters. The molecular weight excluding hydrogens is 206 g/mol. The minimum Gasteiger partial charge on any atom is -0.497 e. The van der Waals surface area contributed by atoms with Crippen molar-refractivity contribution < 1.29 is 4.74 Å². The highest BCUT2D eigenvalue weighted by atomic mass is 16.5. The summed E-state index contributed by atoms with van der Waals surface area (Å²) < 4.78 is 5.01. The van der Waals surface area contributed by atoms with Crippen molar-refractivity contribution in [1.82, 2.24) is 0 Å². The Morgan fingerprint density at radius 3 is 2.75 bits per heavy atom. The maximum atomic E-state index is 8.79. The molecule has 0 bridgehead atoms. The zero-order valence-electron chi connectivity index (χ0n) is 8.79. The molecule has 82 valence electrons. The zero-order valence-corrected chi connectivity index (χ0v) is 8.79. The number of methoxy groups -OCH3 is 1. The minimum atomic E-state index is -0.524. The van der Waals surface area contributed by atoms with E-state index in [2.05, 4.69) is 15.3 Å². The first-order valence-electron chi connectivity index (χ1n) is 4.61. The lowest BCUT2D eigenvalue weighted by Crippen LogP contribution is -2.20. The van der Waals surface area contributed by atoms with E-state index < -0.39 is 6.04 Å². The second-order valence-electron chi connectivity index (χ2n) is 2.97. The van der Waals surface area contributed by atoms with E-state index in [9.17, 15) is 0 Å². The summed E-state index contributed by atoms with van der Waals surface area (Å²) in [4.78, 5) is 2.61. The lowest BCUT2D eigenvalue weighted by atomic mass is 10.2. The highest BCUT2D eigenvalue weighted by molar-refractivity contribution is 5.48. The minimum absolute atomic E-state index is 0.0963. The molecular formula is C10H11N5O. The van der Waals surface area contributed by atoms with Crippen LogP contribution in [0.3, 0.4) is 0 Å². The van der Waals surface area contributed by atoms with Gasteiger partial charge in [-0.2, -0.15) is 5.26 Å². The van der Waals surface area contributed by atoms with Gasteiger partial charge in [-0.15, -0.1) is 0 Å². The molecule has 0 spiro atoms. The van der Waals surface area contributed by atoms with Crippen molar-refractivity contribution in [3.8, 4) is 11.8 Å². The molecule has 6 nitrogen and oxygen atoms in total. The molecule has 1 aromatic carbocycles. The maximum absolute atomic E-state index is 8.79. The zero-order chi connectivity index (χ0) is 11.8. The number of hydrogen-bond donors (Lipinski definition) is 1.